The van der Waals surface area contributed by atoms with E-state index in [0.717, 1.165) is 30.0 Å². The van der Waals surface area contributed by atoms with Gasteiger partial charge in [0, 0.05) is 24.2 Å². The van der Waals surface area contributed by atoms with Gasteiger partial charge in [0.2, 0.25) is 0 Å². The normalized spacial score (nSPS) is 18.2. The van der Waals surface area contributed by atoms with Gasteiger partial charge in [0.1, 0.15) is 5.75 Å². The number of hydrogen-bond donors (Lipinski definition) is 1. The second kappa shape index (κ2) is 4.70. The largest absolute Gasteiger partial charge is 0.496 e. The van der Waals surface area contributed by atoms with Crippen molar-refractivity contribution in [2.45, 2.75) is 19.4 Å². The SMILES string of the molecule is COc1ccccc1-c1c2c(nn1C)C(C)NCC2. The maximum atomic E-state index is 5.49. The molecule has 1 aliphatic rings. The first-order valence-corrected chi connectivity index (χ1v) is 6.65. The van der Waals surface area contributed by atoms with Crippen molar-refractivity contribution < 1.29 is 4.74 Å². The van der Waals surface area contributed by atoms with Crippen molar-refractivity contribution in [3.63, 3.8) is 0 Å². The molecule has 1 unspecified atom stereocenters. The average Bonchev–Trinajstić information content (AvgIpc) is 2.76. The number of para-hydroxylation sites is 1. The fourth-order valence-corrected chi connectivity index (χ4v) is 2.87. The molecule has 0 saturated carbocycles. The first kappa shape index (κ1) is 12.2. The molecule has 19 heavy (non-hydrogen) atoms. The number of aryl methyl sites for hydroxylation is 1. The number of fused-ring (bicyclic) bond motifs is 1. The van der Waals surface area contributed by atoms with Crippen LogP contribution in [0.3, 0.4) is 0 Å². The lowest BCUT2D eigenvalue weighted by molar-refractivity contribution is 0.416. The number of ether oxygens (including phenoxy) is 1. The van der Waals surface area contributed by atoms with Crippen LogP contribution in [0, 0.1) is 0 Å². The van der Waals surface area contributed by atoms with Crippen molar-refractivity contribution in [2.24, 2.45) is 7.05 Å². The van der Waals surface area contributed by atoms with Gasteiger partial charge in [-0.05, 0) is 32.0 Å². The monoisotopic (exact) mass is 257 g/mol. The molecule has 0 amide bonds. The summed E-state index contributed by atoms with van der Waals surface area (Å²) in [6.45, 7) is 3.17. The van der Waals surface area contributed by atoms with E-state index in [0.29, 0.717) is 6.04 Å². The number of nitrogens with zero attached hydrogens (tertiary/aromatic N) is 2. The van der Waals surface area contributed by atoms with E-state index in [1.165, 1.54) is 11.3 Å². The lowest BCUT2D eigenvalue weighted by Crippen LogP contribution is -2.27. The summed E-state index contributed by atoms with van der Waals surface area (Å²) in [5.74, 6) is 0.902. The molecule has 1 aromatic carbocycles. The zero-order valence-corrected chi connectivity index (χ0v) is 11.6. The highest BCUT2D eigenvalue weighted by molar-refractivity contribution is 5.71. The third-order valence-electron chi connectivity index (χ3n) is 3.77. The lowest BCUT2D eigenvalue weighted by atomic mass is 9.97. The molecule has 0 fully saturated rings. The number of aromatic nitrogens is 2. The van der Waals surface area contributed by atoms with Gasteiger partial charge >= 0.3 is 0 Å². The number of hydrogen-bond acceptors (Lipinski definition) is 3. The number of benzene rings is 1. The number of nitrogens with one attached hydrogen (secondary N) is 1. The molecule has 1 aromatic heterocycles. The van der Waals surface area contributed by atoms with Gasteiger partial charge in [-0.1, -0.05) is 12.1 Å². The standard InChI is InChI=1S/C15H19N3O/c1-10-14-12(8-9-16-10)15(18(2)17-14)11-6-4-5-7-13(11)19-3/h4-7,10,16H,8-9H2,1-3H3. The Balaban J connectivity index is 2.20. The van der Waals surface area contributed by atoms with E-state index in [-0.39, 0.29) is 0 Å². The molecule has 1 atom stereocenters. The molecule has 4 heteroatoms. The van der Waals surface area contributed by atoms with Crippen LogP contribution in [0.25, 0.3) is 11.3 Å². The van der Waals surface area contributed by atoms with E-state index in [9.17, 15) is 0 Å². The molecular weight excluding hydrogens is 238 g/mol. The zero-order valence-electron chi connectivity index (χ0n) is 11.6. The molecule has 0 bridgehead atoms. The topological polar surface area (TPSA) is 39.1 Å². The van der Waals surface area contributed by atoms with Crippen molar-refractivity contribution in [1.29, 1.82) is 0 Å². The summed E-state index contributed by atoms with van der Waals surface area (Å²) in [7, 11) is 3.72. The molecule has 2 heterocycles. The molecule has 4 nitrogen and oxygen atoms in total. The Kier molecular flexibility index (Phi) is 3.03. The van der Waals surface area contributed by atoms with Crippen LogP contribution in [0.15, 0.2) is 24.3 Å². The predicted octanol–water partition coefficient (Wildman–Crippen LogP) is 2.30. The average molecular weight is 257 g/mol. The molecule has 100 valence electrons. The quantitative estimate of drug-likeness (QED) is 0.897. The molecule has 1 N–H and O–H groups in total. The summed E-state index contributed by atoms with van der Waals surface area (Å²) < 4.78 is 7.46. The number of methoxy groups -OCH3 is 1. The van der Waals surface area contributed by atoms with Gasteiger partial charge in [-0.15, -0.1) is 0 Å². The number of rotatable bonds is 2. The van der Waals surface area contributed by atoms with Crippen molar-refractivity contribution in [1.82, 2.24) is 15.1 Å². The predicted molar refractivity (Wildman–Crippen MR) is 75.3 cm³/mol. The van der Waals surface area contributed by atoms with Crippen LogP contribution in [0.1, 0.15) is 24.2 Å². The third kappa shape index (κ3) is 1.92. The van der Waals surface area contributed by atoms with Gasteiger partial charge in [0.15, 0.2) is 0 Å². The second-order valence-electron chi connectivity index (χ2n) is 4.96. The first-order valence-electron chi connectivity index (χ1n) is 6.65. The van der Waals surface area contributed by atoms with Crippen LogP contribution in [-0.4, -0.2) is 23.4 Å². The Labute approximate surface area is 113 Å². The zero-order chi connectivity index (χ0) is 13.4. The molecule has 0 saturated heterocycles. The van der Waals surface area contributed by atoms with Crippen LogP contribution in [0.2, 0.25) is 0 Å². The Morgan fingerprint density at radius 3 is 2.95 bits per heavy atom. The van der Waals surface area contributed by atoms with Gasteiger partial charge in [-0.2, -0.15) is 5.10 Å². The molecule has 0 spiro atoms. The lowest BCUT2D eigenvalue weighted by Gasteiger charge is -2.20. The fourth-order valence-electron chi connectivity index (χ4n) is 2.87. The van der Waals surface area contributed by atoms with Crippen LogP contribution < -0.4 is 10.1 Å². The van der Waals surface area contributed by atoms with Gasteiger partial charge in [0.05, 0.1) is 18.5 Å². The Morgan fingerprint density at radius 1 is 1.37 bits per heavy atom. The van der Waals surface area contributed by atoms with Crippen molar-refractivity contribution in [2.75, 3.05) is 13.7 Å². The van der Waals surface area contributed by atoms with Crippen molar-refractivity contribution in [3.8, 4) is 17.0 Å². The maximum Gasteiger partial charge on any atom is 0.128 e. The summed E-state index contributed by atoms with van der Waals surface area (Å²) >= 11 is 0. The third-order valence-corrected chi connectivity index (χ3v) is 3.77. The summed E-state index contributed by atoms with van der Waals surface area (Å²) in [4.78, 5) is 0. The van der Waals surface area contributed by atoms with Crippen LogP contribution in [0.4, 0.5) is 0 Å². The van der Waals surface area contributed by atoms with E-state index in [1.54, 1.807) is 7.11 Å². The minimum atomic E-state index is 0.318. The Bertz CT molecular complexity index is 603. The van der Waals surface area contributed by atoms with Gasteiger partial charge in [0.25, 0.3) is 0 Å². The maximum absolute atomic E-state index is 5.49. The fraction of sp³-hybridized carbons (Fsp3) is 0.400. The van der Waals surface area contributed by atoms with E-state index in [1.807, 2.05) is 29.9 Å². The highest BCUT2D eigenvalue weighted by Gasteiger charge is 2.25. The van der Waals surface area contributed by atoms with Gasteiger partial charge in [-0.3, -0.25) is 4.68 Å². The molecule has 0 radical (unpaired) electrons. The summed E-state index contributed by atoms with van der Waals surface area (Å²) in [5, 5.41) is 8.13. The first-order chi connectivity index (χ1) is 9.22. The Hall–Kier alpha value is -1.81. The van der Waals surface area contributed by atoms with Crippen LogP contribution in [-0.2, 0) is 13.5 Å². The molecule has 0 aliphatic carbocycles. The van der Waals surface area contributed by atoms with Crippen LogP contribution >= 0.6 is 0 Å². The van der Waals surface area contributed by atoms with E-state index in [4.69, 9.17) is 4.74 Å². The van der Waals surface area contributed by atoms with Crippen molar-refractivity contribution in [3.05, 3.63) is 35.5 Å². The van der Waals surface area contributed by atoms with E-state index >= 15 is 0 Å². The van der Waals surface area contributed by atoms with Gasteiger partial charge < -0.3 is 10.1 Å². The minimum absolute atomic E-state index is 0.318. The summed E-state index contributed by atoms with van der Waals surface area (Å²) in [5.41, 5.74) is 4.81. The van der Waals surface area contributed by atoms with E-state index < -0.39 is 0 Å². The summed E-state index contributed by atoms with van der Waals surface area (Å²) in [6, 6.07) is 8.46. The van der Waals surface area contributed by atoms with Crippen molar-refractivity contribution >= 4 is 0 Å². The summed E-state index contributed by atoms with van der Waals surface area (Å²) in [6.07, 6.45) is 1.01. The second-order valence-corrected chi connectivity index (χ2v) is 4.96. The smallest absolute Gasteiger partial charge is 0.128 e. The minimum Gasteiger partial charge on any atom is -0.496 e. The molecule has 3 rings (SSSR count). The Morgan fingerprint density at radius 2 is 2.16 bits per heavy atom. The highest BCUT2D eigenvalue weighted by atomic mass is 16.5. The van der Waals surface area contributed by atoms with Gasteiger partial charge in [-0.25, -0.2) is 0 Å². The van der Waals surface area contributed by atoms with E-state index in [2.05, 4.69) is 23.4 Å². The highest BCUT2D eigenvalue weighted by Crippen LogP contribution is 2.36. The molecular formula is C15H19N3O. The molecule has 1 aliphatic heterocycles. The van der Waals surface area contributed by atoms with Crippen LogP contribution in [0.5, 0.6) is 5.75 Å². The molecule has 2 aromatic rings.